The minimum absolute atomic E-state index is 0.0940. The number of amidine groups is 1. The van der Waals surface area contributed by atoms with Gasteiger partial charge in [0.2, 0.25) is 11.7 Å². The van der Waals surface area contributed by atoms with E-state index < -0.39 is 5.79 Å². The zero-order valence-electron chi connectivity index (χ0n) is 9.95. The van der Waals surface area contributed by atoms with Crippen molar-refractivity contribution in [2.24, 2.45) is 32.9 Å². The zero-order valence-corrected chi connectivity index (χ0v) is 9.95. The molecule has 1 aromatic carbocycles. The van der Waals surface area contributed by atoms with Gasteiger partial charge in [-0.2, -0.15) is 4.99 Å². The first-order valence-electron chi connectivity index (χ1n) is 5.57. The van der Waals surface area contributed by atoms with E-state index in [0.717, 1.165) is 5.56 Å². The molecule has 7 heteroatoms. The number of rotatable bonds is 3. The fraction of sp³-hybridized carbons (Fsp3) is 0.273. The number of benzene rings is 1. The van der Waals surface area contributed by atoms with Crippen LogP contribution in [0, 0.1) is 0 Å². The molecule has 7 nitrogen and oxygen atoms in total. The fourth-order valence-electron chi connectivity index (χ4n) is 1.76. The van der Waals surface area contributed by atoms with Gasteiger partial charge in [-0.25, -0.2) is 4.99 Å². The van der Waals surface area contributed by atoms with Crippen LogP contribution in [0.1, 0.15) is 5.56 Å². The third-order valence-electron chi connectivity index (χ3n) is 2.78. The molecule has 0 saturated heterocycles. The van der Waals surface area contributed by atoms with Crippen molar-refractivity contribution >= 4 is 11.8 Å². The highest BCUT2D eigenvalue weighted by atomic mass is 15.5. The molecule has 0 radical (unpaired) electrons. The van der Waals surface area contributed by atoms with Gasteiger partial charge in [0.1, 0.15) is 0 Å². The van der Waals surface area contributed by atoms with Crippen molar-refractivity contribution in [2.45, 2.75) is 5.79 Å². The summed E-state index contributed by atoms with van der Waals surface area (Å²) in [6, 6.07) is 9.44. The van der Waals surface area contributed by atoms with Gasteiger partial charge in [-0.3, -0.25) is 10.6 Å². The van der Waals surface area contributed by atoms with Crippen LogP contribution < -0.4 is 22.9 Å². The standard InChI is InChI=1S/C11H17N7/c12-6-11(15)17-9(8-4-2-1-3-5-8)16-10(14)18(11)7-13/h1-5H,6-7,12-13,15H2,(H2,14,16,17). The molecule has 2 rings (SSSR count). The van der Waals surface area contributed by atoms with E-state index in [1.807, 2.05) is 30.3 Å². The summed E-state index contributed by atoms with van der Waals surface area (Å²) in [5.74, 6) is -0.462. The molecular formula is C11H17N7. The average Bonchev–Trinajstić information content (AvgIpc) is 2.39. The summed E-state index contributed by atoms with van der Waals surface area (Å²) in [4.78, 5) is 10.0. The molecule has 1 unspecified atom stereocenters. The van der Waals surface area contributed by atoms with E-state index in [-0.39, 0.29) is 19.2 Å². The molecule has 8 N–H and O–H groups in total. The first-order chi connectivity index (χ1) is 8.60. The molecule has 1 aliphatic rings. The third kappa shape index (κ3) is 2.06. The molecule has 0 saturated carbocycles. The van der Waals surface area contributed by atoms with Gasteiger partial charge in [0.15, 0.2) is 5.84 Å². The number of hydrogen-bond acceptors (Lipinski definition) is 7. The lowest BCUT2D eigenvalue weighted by molar-refractivity contribution is 0.194. The maximum absolute atomic E-state index is 6.10. The van der Waals surface area contributed by atoms with E-state index in [0.29, 0.717) is 5.84 Å². The molecular weight excluding hydrogens is 230 g/mol. The Hall–Kier alpha value is -1.96. The maximum Gasteiger partial charge on any atom is 0.202 e. The van der Waals surface area contributed by atoms with Crippen molar-refractivity contribution in [3.63, 3.8) is 0 Å². The van der Waals surface area contributed by atoms with Crippen LogP contribution in [0.25, 0.3) is 0 Å². The Labute approximate surface area is 105 Å². The summed E-state index contributed by atoms with van der Waals surface area (Å²) in [6.07, 6.45) is 0. The van der Waals surface area contributed by atoms with Crippen molar-refractivity contribution in [3.05, 3.63) is 35.9 Å². The molecule has 1 heterocycles. The second kappa shape index (κ2) is 4.73. The topological polar surface area (TPSA) is 132 Å². The molecule has 1 atom stereocenters. The molecule has 96 valence electrons. The number of aliphatic imine (C=N–C) groups is 2. The number of nitrogens with two attached hydrogens (primary N) is 4. The highest BCUT2D eigenvalue weighted by molar-refractivity contribution is 6.07. The summed E-state index contributed by atoms with van der Waals surface area (Å²) in [7, 11) is 0. The SMILES string of the molecule is NCN1C(N)=NC(c2ccccc2)=NC1(N)CN. The van der Waals surface area contributed by atoms with Crippen LogP contribution in [0.2, 0.25) is 0 Å². The van der Waals surface area contributed by atoms with Crippen LogP contribution >= 0.6 is 0 Å². The van der Waals surface area contributed by atoms with Crippen LogP contribution in [-0.4, -0.2) is 35.7 Å². The lowest BCUT2D eigenvalue weighted by Crippen LogP contribution is -2.66. The van der Waals surface area contributed by atoms with E-state index in [1.54, 1.807) is 0 Å². The molecule has 0 aliphatic carbocycles. The zero-order chi connectivity index (χ0) is 13.2. The van der Waals surface area contributed by atoms with E-state index >= 15 is 0 Å². The van der Waals surface area contributed by atoms with Gasteiger partial charge in [-0.1, -0.05) is 30.3 Å². The molecule has 0 bridgehead atoms. The van der Waals surface area contributed by atoms with Gasteiger partial charge in [0.05, 0.1) is 13.2 Å². The van der Waals surface area contributed by atoms with Crippen LogP contribution in [0.5, 0.6) is 0 Å². The number of nitrogens with zero attached hydrogens (tertiary/aromatic N) is 3. The van der Waals surface area contributed by atoms with Gasteiger partial charge in [-0.15, -0.1) is 0 Å². The first-order valence-corrected chi connectivity index (χ1v) is 5.57. The lowest BCUT2D eigenvalue weighted by Gasteiger charge is -2.39. The Morgan fingerprint density at radius 3 is 2.39 bits per heavy atom. The Bertz CT molecular complexity index is 481. The molecule has 0 fully saturated rings. The van der Waals surface area contributed by atoms with Crippen LogP contribution in [-0.2, 0) is 0 Å². The van der Waals surface area contributed by atoms with E-state index in [9.17, 15) is 0 Å². The number of hydrogen-bond donors (Lipinski definition) is 4. The van der Waals surface area contributed by atoms with Crippen molar-refractivity contribution in [2.75, 3.05) is 13.2 Å². The van der Waals surface area contributed by atoms with Gasteiger partial charge in [0, 0.05) is 5.56 Å². The summed E-state index contributed by atoms with van der Waals surface area (Å²) >= 11 is 0. The smallest absolute Gasteiger partial charge is 0.202 e. The Kier molecular flexibility index (Phi) is 3.28. The first kappa shape index (κ1) is 12.5. The van der Waals surface area contributed by atoms with Crippen molar-refractivity contribution < 1.29 is 0 Å². The summed E-state index contributed by atoms with van der Waals surface area (Å²) in [5.41, 5.74) is 24.0. The molecule has 18 heavy (non-hydrogen) atoms. The summed E-state index contributed by atoms with van der Waals surface area (Å²) in [6.45, 7) is 0.200. The highest BCUT2D eigenvalue weighted by Gasteiger charge is 2.35. The predicted octanol–water partition coefficient (Wildman–Crippen LogP) is -1.45. The van der Waals surface area contributed by atoms with Crippen molar-refractivity contribution in [1.29, 1.82) is 0 Å². The highest BCUT2D eigenvalue weighted by Crippen LogP contribution is 2.16. The molecule has 1 aliphatic heterocycles. The van der Waals surface area contributed by atoms with Crippen molar-refractivity contribution in [1.82, 2.24) is 4.90 Å². The van der Waals surface area contributed by atoms with E-state index in [4.69, 9.17) is 22.9 Å². The summed E-state index contributed by atoms with van der Waals surface area (Å²) in [5, 5.41) is 0. The van der Waals surface area contributed by atoms with E-state index in [2.05, 4.69) is 9.98 Å². The van der Waals surface area contributed by atoms with Crippen LogP contribution in [0.4, 0.5) is 0 Å². The fourth-order valence-corrected chi connectivity index (χ4v) is 1.76. The normalized spacial score (nSPS) is 23.6. The molecule has 0 aromatic heterocycles. The predicted molar refractivity (Wildman–Crippen MR) is 71.5 cm³/mol. The van der Waals surface area contributed by atoms with Gasteiger partial charge >= 0.3 is 0 Å². The minimum atomic E-state index is -1.15. The Morgan fingerprint density at radius 1 is 1.17 bits per heavy atom. The molecule has 0 spiro atoms. The Balaban J connectivity index is 2.45. The lowest BCUT2D eigenvalue weighted by atomic mass is 10.2. The van der Waals surface area contributed by atoms with Crippen LogP contribution in [0.3, 0.4) is 0 Å². The number of guanidine groups is 1. The third-order valence-corrected chi connectivity index (χ3v) is 2.78. The second-order valence-corrected chi connectivity index (χ2v) is 3.96. The molecule has 0 amide bonds. The van der Waals surface area contributed by atoms with Crippen LogP contribution in [0.15, 0.2) is 40.3 Å². The van der Waals surface area contributed by atoms with Crippen molar-refractivity contribution in [3.8, 4) is 0 Å². The maximum atomic E-state index is 6.10. The van der Waals surface area contributed by atoms with E-state index in [1.165, 1.54) is 4.90 Å². The van der Waals surface area contributed by atoms with Gasteiger partial charge in [-0.05, 0) is 0 Å². The monoisotopic (exact) mass is 247 g/mol. The van der Waals surface area contributed by atoms with Gasteiger partial charge < -0.3 is 17.2 Å². The molecule has 1 aromatic rings. The largest absolute Gasteiger partial charge is 0.369 e. The Morgan fingerprint density at radius 2 is 1.83 bits per heavy atom. The quantitative estimate of drug-likeness (QED) is 0.519. The van der Waals surface area contributed by atoms with Gasteiger partial charge in [0.25, 0.3) is 0 Å². The second-order valence-electron chi connectivity index (χ2n) is 3.96. The average molecular weight is 247 g/mol. The summed E-state index contributed by atoms with van der Waals surface area (Å²) < 4.78 is 0. The minimum Gasteiger partial charge on any atom is -0.369 e.